The van der Waals surface area contributed by atoms with E-state index in [0.717, 1.165) is 0 Å². The number of aliphatic hydroxyl groups excluding tert-OH is 1. The van der Waals surface area contributed by atoms with Crippen molar-refractivity contribution in [1.82, 2.24) is 4.72 Å². The largest absolute Gasteiger partial charge is 0.391 e. The molecule has 0 bridgehead atoms. The summed E-state index contributed by atoms with van der Waals surface area (Å²) in [5.74, 6) is 0. The lowest BCUT2D eigenvalue weighted by atomic mass is 10.3. The Morgan fingerprint density at radius 1 is 1.53 bits per heavy atom. The van der Waals surface area contributed by atoms with Crippen LogP contribution in [0.4, 0.5) is 0 Å². The van der Waals surface area contributed by atoms with Gasteiger partial charge in [-0.1, -0.05) is 0 Å². The summed E-state index contributed by atoms with van der Waals surface area (Å²) < 4.78 is 31.5. The van der Waals surface area contributed by atoms with Gasteiger partial charge < -0.3 is 9.84 Å². The van der Waals surface area contributed by atoms with Crippen molar-refractivity contribution in [1.29, 1.82) is 0 Å². The molecule has 2 N–H and O–H groups in total. The van der Waals surface area contributed by atoms with Gasteiger partial charge in [0.15, 0.2) is 0 Å². The van der Waals surface area contributed by atoms with Gasteiger partial charge in [0.25, 0.3) is 0 Å². The van der Waals surface area contributed by atoms with Crippen molar-refractivity contribution in [3.8, 4) is 0 Å². The molecule has 0 spiro atoms. The van der Waals surface area contributed by atoms with Crippen molar-refractivity contribution in [2.24, 2.45) is 0 Å². The van der Waals surface area contributed by atoms with E-state index in [1.807, 2.05) is 6.92 Å². The van der Waals surface area contributed by atoms with Gasteiger partial charge in [0.05, 0.1) is 18.1 Å². The Morgan fingerprint density at radius 2 is 2.24 bits per heavy atom. The average molecular weight is 279 g/mol. The van der Waals surface area contributed by atoms with Gasteiger partial charge in [-0.15, -0.1) is 11.3 Å². The third-order valence-electron chi connectivity index (χ3n) is 2.14. The first-order chi connectivity index (χ1) is 8.03. The number of hydrogen-bond acceptors (Lipinski definition) is 5. The zero-order chi connectivity index (χ0) is 12.9. The zero-order valence-corrected chi connectivity index (χ0v) is 11.5. The van der Waals surface area contributed by atoms with Crippen molar-refractivity contribution in [2.75, 3.05) is 19.8 Å². The molecule has 0 unspecified atom stereocenters. The lowest BCUT2D eigenvalue weighted by Gasteiger charge is -2.08. The molecule has 5 nitrogen and oxygen atoms in total. The Hall–Kier alpha value is -0.470. The highest BCUT2D eigenvalue weighted by Crippen LogP contribution is 2.26. The third kappa shape index (κ3) is 3.75. The Labute approximate surface area is 105 Å². The van der Waals surface area contributed by atoms with Gasteiger partial charge in [-0.3, -0.25) is 0 Å². The van der Waals surface area contributed by atoms with Crippen LogP contribution >= 0.6 is 11.3 Å². The maximum absolute atomic E-state index is 12.0. The number of rotatable bonds is 7. The summed E-state index contributed by atoms with van der Waals surface area (Å²) in [5, 5.41) is 10.8. The van der Waals surface area contributed by atoms with E-state index in [1.54, 1.807) is 12.3 Å². The Balaban J connectivity index is 2.78. The highest BCUT2D eigenvalue weighted by atomic mass is 32.2. The van der Waals surface area contributed by atoms with Gasteiger partial charge >= 0.3 is 0 Å². The van der Waals surface area contributed by atoms with E-state index in [4.69, 9.17) is 9.84 Å². The number of aliphatic hydroxyl groups is 1. The zero-order valence-electron chi connectivity index (χ0n) is 9.89. The lowest BCUT2D eigenvalue weighted by molar-refractivity contribution is 0.153. The van der Waals surface area contributed by atoms with Crippen LogP contribution < -0.4 is 4.72 Å². The molecule has 0 atom stereocenters. The maximum Gasteiger partial charge on any atom is 0.242 e. The fourth-order valence-electron chi connectivity index (χ4n) is 1.42. The van der Waals surface area contributed by atoms with E-state index in [2.05, 4.69) is 4.72 Å². The van der Waals surface area contributed by atoms with Crippen LogP contribution in [0.1, 0.15) is 17.4 Å². The molecule has 0 saturated carbocycles. The second kappa shape index (κ2) is 6.46. The van der Waals surface area contributed by atoms with Crippen molar-refractivity contribution >= 4 is 21.4 Å². The Kier molecular flexibility index (Phi) is 5.54. The normalized spacial score (nSPS) is 11.9. The van der Waals surface area contributed by atoms with Gasteiger partial charge in [0, 0.05) is 13.2 Å². The minimum atomic E-state index is -3.55. The number of thiophene rings is 1. The standard InChI is InChI=1S/C10H17NO4S2/c1-3-15-5-4-11-17(13,14)10-8(2)7-16-9(10)6-12/h7,11-12H,3-6H2,1-2H3. The number of hydrogen-bond donors (Lipinski definition) is 2. The van der Waals surface area contributed by atoms with Gasteiger partial charge in [0.1, 0.15) is 4.90 Å². The topological polar surface area (TPSA) is 75.6 Å². The summed E-state index contributed by atoms with van der Waals surface area (Å²) in [6.45, 7) is 4.43. The molecule has 98 valence electrons. The van der Waals surface area contributed by atoms with Gasteiger partial charge in [-0.05, 0) is 24.8 Å². The van der Waals surface area contributed by atoms with Crippen LogP contribution in [0.25, 0.3) is 0 Å². The quantitative estimate of drug-likeness (QED) is 0.726. The summed E-state index contributed by atoms with van der Waals surface area (Å²) in [5.41, 5.74) is 0.656. The van der Waals surface area contributed by atoms with E-state index in [1.165, 1.54) is 11.3 Å². The molecular weight excluding hydrogens is 262 g/mol. The fourth-order valence-corrected chi connectivity index (χ4v) is 4.09. The molecule has 0 aromatic carbocycles. The lowest BCUT2D eigenvalue weighted by Crippen LogP contribution is -2.28. The smallest absolute Gasteiger partial charge is 0.242 e. The van der Waals surface area contributed by atoms with Crippen molar-refractivity contribution < 1.29 is 18.3 Å². The second-order valence-electron chi connectivity index (χ2n) is 3.42. The van der Waals surface area contributed by atoms with Crippen LogP contribution in [0, 0.1) is 6.92 Å². The van der Waals surface area contributed by atoms with E-state index in [-0.39, 0.29) is 18.0 Å². The van der Waals surface area contributed by atoms with Crippen LogP contribution in [-0.2, 0) is 21.4 Å². The van der Waals surface area contributed by atoms with E-state index in [0.29, 0.717) is 23.7 Å². The first-order valence-electron chi connectivity index (χ1n) is 5.28. The molecule has 0 aliphatic heterocycles. The summed E-state index contributed by atoms with van der Waals surface area (Å²) >= 11 is 1.25. The van der Waals surface area contributed by atoms with Crippen LogP contribution in [-0.4, -0.2) is 33.3 Å². The van der Waals surface area contributed by atoms with Crippen LogP contribution in [0.15, 0.2) is 10.3 Å². The van der Waals surface area contributed by atoms with Gasteiger partial charge in [0.2, 0.25) is 10.0 Å². The molecule has 0 aliphatic carbocycles. The molecule has 7 heteroatoms. The van der Waals surface area contributed by atoms with Crippen LogP contribution in [0.5, 0.6) is 0 Å². The number of ether oxygens (including phenoxy) is 1. The number of nitrogens with one attached hydrogen (secondary N) is 1. The molecule has 0 radical (unpaired) electrons. The highest BCUT2D eigenvalue weighted by molar-refractivity contribution is 7.89. The maximum atomic E-state index is 12.0. The van der Waals surface area contributed by atoms with E-state index in [9.17, 15) is 8.42 Å². The first-order valence-corrected chi connectivity index (χ1v) is 7.64. The van der Waals surface area contributed by atoms with Crippen molar-refractivity contribution in [2.45, 2.75) is 25.3 Å². The fraction of sp³-hybridized carbons (Fsp3) is 0.600. The molecular formula is C10H17NO4S2. The molecule has 0 aliphatic rings. The summed E-state index contributed by atoms with van der Waals surface area (Å²) in [4.78, 5) is 0.660. The number of aryl methyl sites for hydroxylation is 1. The molecule has 1 rings (SSSR count). The first kappa shape index (κ1) is 14.6. The van der Waals surface area contributed by atoms with Gasteiger partial charge in [-0.2, -0.15) is 0 Å². The summed E-state index contributed by atoms with van der Waals surface area (Å²) in [6, 6.07) is 0. The predicted octanol–water partition coefficient (Wildman–Crippen LogP) is 0.864. The molecule has 0 amide bonds. The Morgan fingerprint density at radius 3 is 2.82 bits per heavy atom. The van der Waals surface area contributed by atoms with Crippen LogP contribution in [0.3, 0.4) is 0 Å². The molecule has 0 saturated heterocycles. The predicted molar refractivity (Wildman–Crippen MR) is 66.7 cm³/mol. The second-order valence-corrected chi connectivity index (χ2v) is 6.09. The Bertz CT molecular complexity index is 453. The summed E-state index contributed by atoms with van der Waals surface area (Å²) in [7, 11) is -3.55. The monoisotopic (exact) mass is 279 g/mol. The van der Waals surface area contributed by atoms with Gasteiger partial charge in [-0.25, -0.2) is 13.1 Å². The highest BCUT2D eigenvalue weighted by Gasteiger charge is 2.21. The molecule has 1 aromatic rings. The molecule has 1 heterocycles. The SMILES string of the molecule is CCOCCNS(=O)(=O)c1c(C)csc1CO. The van der Waals surface area contributed by atoms with Crippen molar-refractivity contribution in [3.63, 3.8) is 0 Å². The van der Waals surface area contributed by atoms with E-state index >= 15 is 0 Å². The van der Waals surface area contributed by atoms with Crippen LogP contribution in [0.2, 0.25) is 0 Å². The average Bonchev–Trinajstić information content (AvgIpc) is 2.66. The molecule has 1 aromatic heterocycles. The van der Waals surface area contributed by atoms with Crippen molar-refractivity contribution in [3.05, 3.63) is 15.8 Å². The summed E-state index contributed by atoms with van der Waals surface area (Å²) in [6.07, 6.45) is 0. The minimum absolute atomic E-state index is 0.196. The minimum Gasteiger partial charge on any atom is -0.391 e. The molecule has 17 heavy (non-hydrogen) atoms. The molecule has 0 fully saturated rings. The van der Waals surface area contributed by atoms with E-state index < -0.39 is 10.0 Å². The third-order valence-corrected chi connectivity index (χ3v) is 5.05. The number of sulfonamides is 1.